The number of benzene rings is 1. The summed E-state index contributed by atoms with van der Waals surface area (Å²) in [5.41, 5.74) is 1.30. The number of ether oxygens (including phenoxy) is 1. The Balaban J connectivity index is 0.00000144. The van der Waals surface area contributed by atoms with Crippen LogP contribution in [0, 0.1) is 0 Å². The van der Waals surface area contributed by atoms with E-state index in [2.05, 4.69) is 14.7 Å². The zero-order valence-corrected chi connectivity index (χ0v) is 13.7. The van der Waals surface area contributed by atoms with E-state index >= 15 is 0 Å². The van der Waals surface area contributed by atoms with Gasteiger partial charge in [0.1, 0.15) is 5.75 Å². The highest BCUT2D eigenvalue weighted by molar-refractivity contribution is 5.85. The van der Waals surface area contributed by atoms with E-state index in [0.29, 0.717) is 12.2 Å². The monoisotopic (exact) mass is 380 g/mol. The molecule has 0 saturated heterocycles. The predicted molar refractivity (Wildman–Crippen MR) is 86.1 cm³/mol. The standard InChI is InChI=1S/C14H11F3N4O.2ClH/c15-14(16,17)22-13-3-1-2-12(6-13)21-8-11(19-10-21)7-20-5-4-18-9-20;;/h1-6,8-10H,7H2;2*1H. The van der Waals surface area contributed by atoms with Crippen molar-refractivity contribution in [2.45, 2.75) is 12.9 Å². The van der Waals surface area contributed by atoms with Crippen LogP contribution in [-0.2, 0) is 6.54 Å². The summed E-state index contributed by atoms with van der Waals surface area (Å²) in [7, 11) is 0. The van der Waals surface area contributed by atoms with Crippen LogP contribution in [0.5, 0.6) is 5.75 Å². The van der Waals surface area contributed by atoms with Crippen molar-refractivity contribution in [3.63, 3.8) is 0 Å². The molecule has 0 spiro atoms. The Kier molecular flexibility index (Phi) is 6.68. The first kappa shape index (κ1) is 19.9. The Hall–Kier alpha value is -2.19. The maximum absolute atomic E-state index is 12.2. The van der Waals surface area contributed by atoms with Gasteiger partial charge in [0, 0.05) is 24.7 Å². The molecule has 0 aliphatic heterocycles. The van der Waals surface area contributed by atoms with Crippen molar-refractivity contribution >= 4 is 24.8 Å². The van der Waals surface area contributed by atoms with Crippen molar-refractivity contribution in [2.24, 2.45) is 0 Å². The number of imidazole rings is 2. The fraction of sp³-hybridized carbons (Fsp3) is 0.143. The van der Waals surface area contributed by atoms with Crippen molar-refractivity contribution in [1.29, 1.82) is 0 Å². The first-order valence-electron chi connectivity index (χ1n) is 6.34. The first-order chi connectivity index (χ1) is 10.5. The van der Waals surface area contributed by atoms with Gasteiger partial charge >= 0.3 is 6.36 Å². The lowest BCUT2D eigenvalue weighted by molar-refractivity contribution is -0.274. The summed E-state index contributed by atoms with van der Waals surface area (Å²) in [5.74, 6) is -0.269. The van der Waals surface area contributed by atoms with Gasteiger partial charge in [-0.2, -0.15) is 0 Å². The zero-order chi connectivity index (χ0) is 15.6. The van der Waals surface area contributed by atoms with Gasteiger partial charge in [0.15, 0.2) is 0 Å². The molecule has 0 radical (unpaired) electrons. The number of alkyl halides is 3. The van der Waals surface area contributed by atoms with Gasteiger partial charge in [-0.15, -0.1) is 38.0 Å². The first-order valence-corrected chi connectivity index (χ1v) is 6.34. The van der Waals surface area contributed by atoms with Crippen LogP contribution in [0.2, 0.25) is 0 Å². The molecule has 0 bridgehead atoms. The second-order valence-electron chi connectivity index (χ2n) is 4.55. The second-order valence-corrected chi connectivity index (χ2v) is 4.55. The van der Waals surface area contributed by atoms with Crippen molar-refractivity contribution in [3.8, 4) is 11.4 Å². The SMILES string of the molecule is Cl.Cl.FC(F)(F)Oc1cccc(-n2cnc(Cn3ccnc3)c2)c1. The topological polar surface area (TPSA) is 44.9 Å². The summed E-state index contributed by atoms with van der Waals surface area (Å²) in [6, 6.07) is 5.72. The van der Waals surface area contributed by atoms with Crippen LogP contribution in [-0.4, -0.2) is 25.5 Å². The van der Waals surface area contributed by atoms with E-state index in [1.54, 1.807) is 41.9 Å². The lowest BCUT2D eigenvalue weighted by Crippen LogP contribution is -2.17. The van der Waals surface area contributed by atoms with Crippen LogP contribution in [0.1, 0.15) is 5.69 Å². The van der Waals surface area contributed by atoms with Gasteiger partial charge in [0.2, 0.25) is 0 Å². The lowest BCUT2D eigenvalue weighted by atomic mass is 10.3. The molecular formula is C14H13Cl2F3N4O. The van der Waals surface area contributed by atoms with Gasteiger partial charge in [0.25, 0.3) is 0 Å². The molecule has 0 aliphatic rings. The molecule has 3 rings (SSSR count). The highest BCUT2D eigenvalue weighted by Gasteiger charge is 2.31. The minimum Gasteiger partial charge on any atom is -0.406 e. The van der Waals surface area contributed by atoms with Crippen LogP contribution < -0.4 is 4.74 Å². The molecule has 2 aromatic heterocycles. The molecular weight excluding hydrogens is 368 g/mol. The fourth-order valence-corrected chi connectivity index (χ4v) is 1.99. The molecule has 5 nitrogen and oxygen atoms in total. The van der Waals surface area contributed by atoms with E-state index in [0.717, 1.165) is 5.69 Å². The Morgan fingerprint density at radius 1 is 1.12 bits per heavy atom. The highest BCUT2D eigenvalue weighted by Crippen LogP contribution is 2.24. The number of hydrogen-bond donors (Lipinski definition) is 0. The Morgan fingerprint density at radius 3 is 2.58 bits per heavy atom. The average Bonchev–Trinajstić information content (AvgIpc) is 3.09. The molecule has 0 atom stereocenters. The van der Waals surface area contributed by atoms with Crippen molar-refractivity contribution in [1.82, 2.24) is 19.1 Å². The molecule has 24 heavy (non-hydrogen) atoms. The summed E-state index contributed by atoms with van der Waals surface area (Å²) < 4.78 is 44.1. The van der Waals surface area contributed by atoms with Gasteiger partial charge in [-0.1, -0.05) is 6.07 Å². The van der Waals surface area contributed by atoms with Gasteiger partial charge < -0.3 is 13.9 Å². The largest absolute Gasteiger partial charge is 0.573 e. The smallest absolute Gasteiger partial charge is 0.406 e. The molecule has 1 aromatic carbocycles. The van der Waals surface area contributed by atoms with Gasteiger partial charge in [0.05, 0.1) is 30.6 Å². The minimum absolute atomic E-state index is 0. The molecule has 0 saturated carbocycles. The summed E-state index contributed by atoms with van der Waals surface area (Å²) >= 11 is 0. The third-order valence-electron chi connectivity index (χ3n) is 2.89. The Bertz CT molecular complexity index is 759. The summed E-state index contributed by atoms with van der Waals surface area (Å²) in [4.78, 5) is 8.16. The maximum Gasteiger partial charge on any atom is 0.573 e. The van der Waals surface area contributed by atoms with E-state index in [1.165, 1.54) is 18.2 Å². The lowest BCUT2D eigenvalue weighted by Gasteiger charge is -2.10. The van der Waals surface area contributed by atoms with Gasteiger partial charge in [-0.25, -0.2) is 9.97 Å². The molecule has 0 aliphatic carbocycles. The molecule has 0 fully saturated rings. The van der Waals surface area contributed by atoms with E-state index in [1.807, 2.05) is 4.57 Å². The van der Waals surface area contributed by atoms with Crippen LogP contribution >= 0.6 is 24.8 Å². The Morgan fingerprint density at radius 2 is 1.92 bits per heavy atom. The number of rotatable bonds is 4. The van der Waals surface area contributed by atoms with E-state index in [9.17, 15) is 13.2 Å². The normalized spacial score (nSPS) is 10.6. The molecule has 0 N–H and O–H groups in total. The molecule has 130 valence electrons. The quantitative estimate of drug-likeness (QED) is 0.690. The van der Waals surface area contributed by atoms with Crippen LogP contribution in [0.15, 0.2) is 55.5 Å². The van der Waals surface area contributed by atoms with Crippen LogP contribution in [0.25, 0.3) is 5.69 Å². The molecule has 10 heteroatoms. The van der Waals surface area contributed by atoms with E-state index in [4.69, 9.17) is 0 Å². The third-order valence-corrected chi connectivity index (χ3v) is 2.89. The average molecular weight is 381 g/mol. The zero-order valence-electron chi connectivity index (χ0n) is 12.1. The van der Waals surface area contributed by atoms with Gasteiger partial charge in [-0.3, -0.25) is 0 Å². The van der Waals surface area contributed by atoms with Crippen LogP contribution in [0.3, 0.4) is 0 Å². The van der Waals surface area contributed by atoms with Crippen molar-refractivity contribution < 1.29 is 17.9 Å². The van der Waals surface area contributed by atoms with Gasteiger partial charge in [-0.05, 0) is 12.1 Å². The molecule has 2 heterocycles. The highest BCUT2D eigenvalue weighted by atomic mass is 35.5. The number of halogens is 5. The Labute approximate surface area is 147 Å². The number of aromatic nitrogens is 4. The summed E-state index contributed by atoms with van der Waals surface area (Å²) in [5, 5.41) is 0. The minimum atomic E-state index is -4.71. The van der Waals surface area contributed by atoms with Crippen molar-refractivity contribution in [2.75, 3.05) is 0 Å². The summed E-state index contributed by atoms with van der Waals surface area (Å²) in [6.07, 6.45) is 3.70. The van der Waals surface area contributed by atoms with E-state index in [-0.39, 0.29) is 30.6 Å². The molecule has 3 aromatic rings. The number of nitrogens with zero attached hydrogens (tertiary/aromatic N) is 4. The summed E-state index contributed by atoms with van der Waals surface area (Å²) in [6.45, 7) is 0.533. The third kappa shape index (κ3) is 5.17. The van der Waals surface area contributed by atoms with Crippen molar-refractivity contribution in [3.05, 3.63) is 61.2 Å². The van der Waals surface area contributed by atoms with E-state index < -0.39 is 6.36 Å². The second kappa shape index (κ2) is 8.07. The fourth-order valence-electron chi connectivity index (χ4n) is 1.99. The van der Waals surface area contributed by atoms with Crippen LogP contribution in [0.4, 0.5) is 13.2 Å². The molecule has 0 unspecified atom stereocenters. The maximum atomic E-state index is 12.2. The molecule has 0 amide bonds. The predicted octanol–water partition coefficient (Wildman–Crippen LogP) is 3.86. The number of hydrogen-bond acceptors (Lipinski definition) is 3.